The largest absolute Gasteiger partial charge is 0.480 e. The second-order valence-electron chi connectivity index (χ2n) is 3.43. The van der Waals surface area contributed by atoms with Gasteiger partial charge in [0, 0.05) is 12.5 Å². The van der Waals surface area contributed by atoms with Gasteiger partial charge in [0.05, 0.1) is 0 Å². The molecule has 0 aromatic heterocycles. The van der Waals surface area contributed by atoms with Crippen LogP contribution in [0.2, 0.25) is 0 Å². The van der Waals surface area contributed by atoms with Crippen LogP contribution in [0.5, 0.6) is 0 Å². The highest BCUT2D eigenvalue weighted by molar-refractivity contribution is 5.83. The first kappa shape index (κ1) is 12.9. The van der Waals surface area contributed by atoms with Crippen molar-refractivity contribution in [3.05, 3.63) is 0 Å². The molecule has 0 heterocycles. The molecule has 0 rings (SSSR count). The van der Waals surface area contributed by atoms with Gasteiger partial charge >= 0.3 is 5.97 Å². The summed E-state index contributed by atoms with van der Waals surface area (Å²) in [6.45, 7) is 3.57. The Hall–Kier alpha value is -1.10. The van der Waals surface area contributed by atoms with Crippen molar-refractivity contribution in [2.45, 2.75) is 45.2 Å². The van der Waals surface area contributed by atoms with Crippen molar-refractivity contribution in [2.75, 3.05) is 0 Å². The van der Waals surface area contributed by atoms with Crippen molar-refractivity contribution in [1.29, 1.82) is 0 Å². The SMILES string of the molecule is CCC[C@H](NC(=O)CC(C)N)C(=O)O. The number of hydrogen-bond donors (Lipinski definition) is 3. The van der Waals surface area contributed by atoms with Gasteiger partial charge in [0.15, 0.2) is 0 Å². The molecule has 5 heteroatoms. The van der Waals surface area contributed by atoms with Crippen LogP contribution < -0.4 is 11.1 Å². The molecule has 1 amide bonds. The number of aliphatic carboxylic acids is 1. The molecule has 0 aromatic carbocycles. The lowest BCUT2D eigenvalue weighted by molar-refractivity contribution is -0.142. The second-order valence-corrected chi connectivity index (χ2v) is 3.43. The van der Waals surface area contributed by atoms with Crippen LogP contribution in [0.15, 0.2) is 0 Å². The molecular weight excluding hydrogens is 184 g/mol. The monoisotopic (exact) mass is 202 g/mol. The molecule has 0 bridgehead atoms. The molecule has 2 atom stereocenters. The quantitative estimate of drug-likeness (QED) is 0.569. The average Bonchev–Trinajstić information content (AvgIpc) is 2.01. The minimum absolute atomic E-state index is 0.160. The van der Waals surface area contributed by atoms with Gasteiger partial charge in [0.25, 0.3) is 0 Å². The Morgan fingerprint density at radius 1 is 1.50 bits per heavy atom. The number of carbonyl (C=O) groups is 2. The standard InChI is InChI=1S/C9H18N2O3/c1-3-4-7(9(13)14)11-8(12)5-6(2)10/h6-7H,3-5,10H2,1-2H3,(H,11,12)(H,13,14)/t6?,7-/m0/s1. The second kappa shape index (κ2) is 6.37. The lowest BCUT2D eigenvalue weighted by Gasteiger charge is -2.14. The van der Waals surface area contributed by atoms with Crippen LogP contribution >= 0.6 is 0 Å². The van der Waals surface area contributed by atoms with E-state index >= 15 is 0 Å². The van der Waals surface area contributed by atoms with Crippen molar-refractivity contribution < 1.29 is 14.7 Å². The molecule has 0 aliphatic rings. The molecule has 0 saturated heterocycles. The van der Waals surface area contributed by atoms with Gasteiger partial charge in [-0.25, -0.2) is 4.79 Å². The van der Waals surface area contributed by atoms with Crippen molar-refractivity contribution in [3.8, 4) is 0 Å². The van der Waals surface area contributed by atoms with Crippen molar-refractivity contribution in [1.82, 2.24) is 5.32 Å². The maximum Gasteiger partial charge on any atom is 0.326 e. The number of amides is 1. The molecule has 82 valence electrons. The molecule has 14 heavy (non-hydrogen) atoms. The van der Waals surface area contributed by atoms with E-state index < -0.39 is 12.0 Å². The number of rotatable bonds is 6. The van der Waals surface area contributed by atoms with Gasteiger partial charge in [-0.15, -0.1) is 0 Å². The number of carboxylic acids is 1. The summed E-state index contributed by atoms with van der Waals surface area (Å²) >= 11 is 0. The number of nitrogens with two attached hydrogens (primary N) is 1. The number of carboxylic acid groups (broad SMARTS) is 1. The average molecular weight is 202 g/mol. The van der Waals surface area contributed by atoms with Gasteiger partial charge in [-0.3, -0.25) is 4.79 Å². The molecule has 5 nitrogen and oxygen atoms in total. The Labute approximate surface area is 83.7 Å². The number of carbonyl (C=O) groups excluding carboxylic acids is 1. The van der Waals surface area contributed by atoms with Gasteiger partial charge in [-0.2, -0.15) is 0 Å². The zero-order chi connectivity index (χ0) is 11.1. The third kappa shape index (κ3) is 5.53. The van der Waals surface area contributed by atoms with E-state index in [4.69, 9.17) is 10.8 Å². The van der Waals surface area contributed by atoms with Gasteiger partial charge in [0.2, 0.25) is 5.91 Å². The summed E-state index contributed by atoms with van der Waals surface area (Å²) in [5.41, 5.74) is 5.41. The van der Waals surface area contributed by atoms with E-state index in [1.165, 1.54) is 0 Å². The Morgan fingerprint density at radius 2 is 2.07 bits per heavy atom. The summed E-state index contributed by atoms with van der Waals surface area (Å²) in [4.78, 5) is 21.9. The first-order valence-electron chi connectivity index (χ1n) is 4.75. The van der Waals surface area contributed by atoms with E-state index in [1.807, 2.05) is 6.92 Å². The summed E-state index contributed by atoms with van der Waals surface area (Å²) in [5, 5.41) is 11.2. The first-order chi connectivity index (χ1) is 6.47. The topological polar surface area (TPSA) is 92.4 Å². The highest BCUT2D eigenvalue weighted by Crippen LogP contribution is 1.98. The number of hydrogen-bond acceptors (Lipinski definition) is 3. The summed E-state index contributed by atoms with van der Waals surface area (Å²) < 4.78 is 0. The lowest BCUT2D eigenvalue weighted by atomic mass is 10.1. The third-order valence-corrected chi connectivity index (χ3v) is 1.72. The van der Waals surface area contributed by atoms with E-state index in [1.54, 1.807) is 6.92 Å². The van der Waals surface area contributed by atoms with Gasteiger partial charge in [-0.1, -0.05) is 13.3 Å². The zero-order valence-electron chi connectivity index (χ0n) is 8.62. The van der Waals surface area contributed by atoms with Crippen LogP contribution in [0, 0.1) is 0 Å². The van der Waals surface area contributed by atoms with Gasteiger partial charge in [-0.05, 0) is 13.3 Å². The molecule has 0 aromatic rings. The van der Waals surface area contributed by atoms with E-state index in [2.05, 4.69) is 5.32 Å². The van der Waals surface area contributed by atoms with E-state index in [0.29, 0.717) is 6.42 Å². The maximum atomic E-state index is 11.2. The smallest absolute Gasteiger partial charge is 0.326 e. The zero-order valence-corrected chi connectivity index (χ0v) is 8.62. The minimum Gasteiger partial charge on any atom is -0.480 e. The van der Waals surface area contributed by atoms with Crippen molar-refractivity contribution in [3.63, 3.8) is 0 Å². The number of nitrogens with one attached hydrogen (secondary N) is 1. The van der Waals surface area contributed by atoms with Gasteiger partial charge in [0.1, 0.15) is 6.04 Å². The van der Waals surface area contributed by atoms with Crippen LogP contribution in [0.1, 0.15) is 33.1 Å². The highest BCUT2D eigenvalue weighted by atomic mass is 16.4. The summed E-state index contributed by atoms with van der Waals surface area (Å²) in [7, 11) is 0. The fourth-order valence-electron chi connectivity index (χ4n) is 1.09. The van der Waals surface area contributed by atoms with E-state index in [0.717, 1.165) is 6.42 Å². The maximum absolute atomic E-state index is 11.2. The first-order valence-corrected chi connectivity index (χ1v) is 4.75. The van der Waals surface area contributed by atoms with Crippen LogP contribution in [0.4, 0.5) is 0 Å². The fourth-order valence-corrected chi connectivity index (χ4v) is 1.09. The van der Waals surface area contributed by atoms with Crippen LogP contribution in [0.3, 0.4) is 0 Å². The third-order valence-electron chi connectivity index (χ3n) is 1.72. The van der Waals surface area contributed by atoms with Crippen molar-refractivity contribution >= 4 is 11.9 Å². The molecule has 1 unspecified atom stereocenters. The van der Waals surface area contributed by atoms with E-state index in [-0.39, 0.29) is 18.4 Å². The van der Waals surface area contributed by atoms with Crippen LogP contribution in [-0.4, -0.2) is 29.1 Å². The molecule has 0 aliphatic heterocycles. The molecular formula is C9H18N2O3. The predicted octanol–water partition coefficient (Wildman–Crippen LogP) is 0.0932. The Bertz CT molecular complexity index is 204. The van der Waals surface area contributed by atoms with Crippen LogP contribution in [0.25, 0.3) is 0 Å². The van der Waals surface area contributed by atoms with Crippen molar-refractivity contribution in [2.24, 2.45) is 5.73 Å². The predicted molar refractivity (Wildman–Crippen MR) is 52.7 cm³/mol. The molecule has 0 saturated carbocycles. The molecule has 0 radical (unpaired) electrons. The fraction of sp³-hybridized carbons (Fsp3) is 0.778. The van der Waals surface area contributed by atoms with Crippen LogP contribution in [-0.2, 0) is 9.59 Å². The molecule has 4 N–H and O–H groups in total. The van der Waals surface area contributed by atoms with Gasteiger partial charge < -0.3 is 16.2 Å². The Balaban J connectivity index is 4.02. The highest BCUT2D eigenvalue weighted by Gasteiger charge is 2.18. The Morgan fingerprint density at radius 3 is 2.43 bits per heavy atom. The Kier molecular flexibility index (Phi) is 5.87. The normalized spacial score (nSPS) is 14.5. The van der Waals surface area contributed by atoms with E-state index in [9.17, 15) is 9.59 Å². The lowest BCUT2D eigenvalue weighted by Crippen LogP contribution is -2.42. The summed E-state index contributed by atoms with van der Waals surface area (Å²) in [5.74, 6) is -1.30. The summed E-state index contributed by atoms with van der Waals surface area (Å²) in [6, 6.07) is -1.03. The summed E-state index contributed by atoms with van der Waals surface area (Å²) in [6.07, 6.45) is 1.32. The molecule has 0 spiro atoms. The minimum atomic E-state index is -0.995. The molecule has 0 aliphatic carbocycles. The molecule has 0 fully saturated rings.